The van der Waals surface area contributed by atoms with Crippen LogP contribution in [0, 0.1) is 6.92 Å². The molecule has 0 aromatic heterocycles. The van der Waals surface area contributed by atoms with Crippen molar-refractivity contribution in [1.29, 1.82) is 0 Å². The van der Waals surface area contributed by atoms with Crippen LogP contribution in [0.1, 0.15) is 22.9 Å². The van der Waals surface area contributed by atoms with E-state index in [9.17, 15) is 8.42 Å². The van der Waals surface area contributed by atoms with Crippen molar-refractivity contribution in [2.24, 2.45) is 0 Å². The number of hydrogen-bond donors (Lipinski definition) is 1. The van der Waals surface area contributed by atoms with Gasteiger partial charge in [-0.3, -0.25) is 0 Å². The van der Waals surface area contributed by atoms with Crippen molar-refractivity contribution in [3.8, 4) is 0 Å². The first-order valence-electron chi connectivity index (χ1n) is 8.65. The first-order valence-corrected chi connectivity index (χ1v) is 10.5. The molecule has 27 heavy (non-hydrogen) atoms. The number of para-hydroxylation sites is 1. The lowest BCUT2D eigenvalue weighted by molar-refractivity contribution is 0.336. The number of aryl methyl sites for hydroxylation is 1. The van der Waals surface area contributed by atoms with Crippen LogP contribution in [0.2, 0.25) is 5.02 Å². The fraction of sp³-hybridized carbons (Fsp3) is 0.143. The van der Waals surface area contributed by atoms with E-state index in [2.05, 4.69) is 5.32 Å². The van der Waals surface area contributed by atoms with Crippen molar-refractivity contribution in [3.63, 3.8) is 0 Å². The maximum Gasteiger partial charge on any atom is 0.247 e. The largest absolute Gasteiger partial charge is 0.364 e. The molecule has 0 aliphatic carbocycles. The Kier molecular flexibility index (Phi) is 4.68. The molecule has 0 saturated carbocycles. The van der Waals surface area contributed by atoms with Crippen molar-refractivity contribution in [3.05, 3.63) is 94.5 Å². The molecule has 1 heterocycles. The van der Waals surface area contributed by atoms with Crippen LogP contribution in [-0.2, 0) is 16.6 Å². The second-order valence-corrected chi connectivity index (χ2v) is 8.81. The van der Waals surface area contributed by atoms with Gasteiger partial charge in [-0.1, -0.05) is 66.2 Å². The number of sulfonamides is 1. The van der Waals surface area contributed by atoms with Gasteiger partial charge in [-0.05, 0) is 36.2 Å². The number of benzene rings is 3. The molecule has 4 rings (SSSR count). The van der Waals surface area contributed by atoms with E-state index in [4.69, 9.17) is 11.6 Å². The average Bonchev–Trinajstić information content (AvgIpc) is 2.66. The molecule has 0 saturated heterocycles. The summed E-state index contributed by atoms with van der Waals surface area (Å²) in [4.78, 5) is 0.280. The standard InChI is InChI=1S/C21H19ClN2O2S/c1-15-8-2-3-9-16(15)14-24-21(17-10-4-5-11-18(17)22)23-19-12-6-7-13-20(19)27(24,25)26/h2-13,21,23H,14H2,1H3. The zero-order chi connectivity index (χ0) is 19.0. The van der Waals surface area contributed by atoms with Crippen molar-refractivity contribution in [2.45, 2.75) is 24.5 Å². The molecule has 1 atom stereocenters. The number of halogens is 1. The van der Waals surface area contributed by atoms with Gasteiger partial charge >= 0.3 is 0 Å². The predicted molar refractivity (Wildman–Crippen MR) is 108 cm³/mol. The van der Waals surface area contributed by atoms with E-state index in [1.807, 2.05) is 55.5 Å². The van der Waals surface area contributed by atoms with Crippen LogP contribution in [0.5, 0.6) is 0 Å². The molecule has 0 fully saturated rings. The van der Waals surface area contributed by atoms with Gasteiger partial charge in [0.2, 0.25) is 10.0 Å². The summed E-state index contributed by atoms with van der Waals surface area (Å²) in [6.07, 6.45) is -0.585. The highest BCUT2D eigenvalue weighted by atomic mass is 35.5. The lowest BCUT2D eigenvalue weighted by Crippen LogP contribution is -2.42. The Bertz CT molecular complexity index is 1100. The first kappa shape index (κ1) is 18.0. The van der Waals surface area contributed by atoms with Gasteiger partial charge in [-0.2, -0.15) is 4.31 Å². The van der Waals surface area contributed by atoms with Crippen molar-refractivity contribution in [1.82, 2.24) is 4.31 Å². The third kappa shape index (κ3) is 3.23. The quantitative estimate of drug-likeness (QED) is 0.678. The fourth-order valence-electron chi connectivity index (χ4n) is 3.36. The predicted octanol–water partition coefficient (Wildman–Crippen LogP) is 4.96. The molecule has 1 unspecified atom stereocenters. The minimum atomic E-state index is -3.70. The van der Waals surface area contributed by atoms with Gasteiger partial charge in [-0.15, -0.1) is 0 Å². The van der Waals surface area contributed by atoms with E-state index in [1.165, 1.54) is 4.31 Å². The molecule has 0 spiro atoms. The second kappa shape index (κ2) is 7.00. The summed E-state index contributed by atoms with van der Waals surface area (Å²) in [6.45, 7) is 2.24. The zero-order valence-corrected chi connectivity index (χ0v) is 16.3. The molecule has 6 heteroatoms. The van der Waals surface area contributed by atoms with Gasteiger partial charge < -0.3 is 5.32 Å². The SMILES string of the molecule is Cc1ccccc1CN1C(c2ccccc2Cl)Nc2ccccc2S1(=O)=O. The monoisotopic (exact) mass is 398 g/mol. The lowest BCUT2D eigenvalue weighted by Gasteiger charge is -2.38. The molecular weight excluding hydrogens is 380 g/mol. The minimum Gasteiger partial charge on any atom is -0.364 e. The van der Waals surface area contributed by atoms with Gasteiger partial charge in [0.15, 0.2) is 0 Å². The van der Waals surface area contributed by atoms with E-state index < -0.39 is 16.2 Å². The third-order valence-electron chi connectivity index (χ3n) is 4.84. The average molecular weight is 399 g/mol. The van der Waals surface area contributed by atoms with E-state index in [-0.39, 0.29) is 11.4 Å². The van der Waals surface area contributed by atoms with Crippen LogP contribution in [0.3, 0.4) is 0 Å². The Hall–Kier alpha value is -2.34. The molecule has 3 aromatic rings. The van der Waals surface area contributed by atoms with Gasteiger partial charge in [0.05, 0.1) is 5.69 Å². The Morgan fingerprint density at radius 2 is 1.63 bits per heavy atom. The smallest absolute Gasteiger partial charge is 0.247 e. The van der Waals surface area contributed by atoms with Crippen molar-refractivity contribution < 1.29 is 8.42 Å². The molecular formula is C21H19ClN2O2S. The molecule has 3 aromatic carbocycles. The third-order valence-corrected chi connectivity index (χ3v) is 7.05. The van der Waals surface area contributed by atoms with E-state index in [0.29, 0.717) is 10.7 Å². The lowest BCUT2D eigenvalue weighted by atomic mass is 10.1. The van der Waals surface area contributed by atoms with Crippen LogP contribution in [0.4, 0.5) is 5.69 Å². The highest BCUT2D eigenvalue weighted by molar-refractivity contribution is 7.89. The second-order valence-electron chi connectivity index (χ2n) is 6.54. The summed E-state index contributed by atoms with van der Waals surface area (Å²) in [7, 11) is -3.70. The Labute approximate surface area is 164 Å². The van der Waals surface area contributed by atoms with Gasteiger partial charge in [0.1, 0.15) is 11.1 Å². The Morgan fingerprint density at radius 3 is 2.41 bits per heavy atom. The molecule has 1 N–H and O–H groups in total. The van der Waals surface area contributed by atoms with Crippen molar-refractivity contribution >= 4 is 27.3 Å². The highest BCUT2D eigenvalue weighted by Gasteiger charge is 2.39. The number of nitrogens with zero attached hydrogens (tertiary/aromatic N) is 1. The highest BCUT2D eigenvalue weighted by Crippen LogP contribution is 2.40. The molecule has 4 nitrogen and oxygen atoms in total. The summed E-state index contributed by atoms with van der Waals surface area (Å²) in [5.41, 5.74) is 3.32. The van der Waals surface area contributed by atoms with E-state index >= 15 is 0 Å². The van der Waals surface area contributed by atoms with Crippen LogP contribution >= 0.6 is 11.6 Å². The molecule has 0 radical (unpaired) electrons. The fourth-order valence-corrected chi connectivity index (χ4v) is 5.26. The topological polar surface area (TPSA) is 49.4 Å². The number of rotatable bonds is 3. The number of anilines is 1. The molecule has 1 aliphatic rings. The van der Waals surface area contributed by atoms with Crippen LogP contribution in [0.25, 0.3) is 0 Å². The Morgan fingerprint density at radius 1 is 0.963 bits per heavy atom. The van der Waals surface area contributed by atoms with Gasteiger partial charge in [0.25, 0.3) is 0 Å². The maximum atomic E-state index is 13.5. The number of hydrogen-bond acceptors (Lipinski definition) is 3. The summed E-state index contributed by atoms with van der Waals surface area (Å²) >= 11 is 6.42. The zero-order valence-electron chi connectivity index (χ0n) is 14.8. The van der Waals surface area contributed by atoms with Crippen LogP contribution in [-0.4, -0.2) is 12.7 Å². The Balaban J connectivity index is 1.88. The first-order chi connectivity index (χ1) is 13.0. The van der Waals surface area contributed by atoms with E-state index in [0.717, 1.165) is 16.7 Å². The summed E-state index contributed by atoms with van der Waals surface area (Å²) in [5, 5.41) is 3.89. The van der Waals surface area contributed by atoms with Crippen LogP contribution < -0.4 is 5.32 Å². The summed E-state index contributed by atoms with van der Waals surface area (Å²) < 4.78 is 28.4. The van der Waals surface area contributed by atoms with Gasteiger partial charge in [-0.25, -0.2) is 8.42 Å². The minimum absolute atomic E-state index is 0.256. The molecule has 1 aliphatic heterocycles. The van der Waals surface area contributed by atoms with Crippen molar-refractivity contribution in [2.75, 3.05) is 5.32 Å². The van der Waals surface area contributed by atoms with Gasteiger partial charge in [0, 0.05) is 17.1 Å². The molecule has 0 bridgehead atoms. The normalized spacial score (nSPS) is 18.5. The van der Waals surface area contributed by atoms with Crippen LogP contribution in [0.15, 0.2) is 77.7 Å². The molecule has 138 valence electrons. The maximum absolute atomic E-state index is 13.5. The van der Waals surface area contributed by atoms with E-state index in [1.54, 1.807) is 24.3 Å². The summed E-state index contributed by atoms with van der Waals surface area (Å²) in [6, 6.07) is 22.1. The number of fused-ring (bicyclic) bond motifs is 1. The molecule has 0 amide bonds. The summed E-state index contributed by atoms with van der Waals surface area (Å²) in [5.74, 6) is 0. The number of nitrogens with one attached hydrogen (secondary N) is 1.